The van der Waals surface area contributed by atoms with Crippen LogP contribution in [-0.2, 0) is 6.42 Å². The zero-order valence-corrected chi connectivity index (χ0v) is 10.7. The van der Waals surface area contributed by atoms with Gasteiger partial charge in [0.1, 0.15) is 5.75 Å². The number of hydrogen-bond acceptors (Lipinski definition) is 2. The lowest BCUT2D eigenvalue weighted by atomic mass is 9.85. The molecule has 1 fully saturated rings. The van der Waals surface area contributed by atoms with Gasteiger partial charge in [0.25, 0.3) is 0 Å². The molecule has 0 saturated heterocycles. The molecule has 1 N–H and O–H groups in total. The summed E-state index contributed by atoms with van der Waals surface area (Å²) in [5.41, 5.74) is 2.85. The molecule has 3 unspecified atom stereocenters. The van der Waals surface area contributed by atoms with Crippen LogP contribution in [0.15, 0.2) is 18.2 Å². The van der Waals surface area contributed by atoms with Gasteiger partial charge in [-0.3, -0.25) is 0 Å². The molecule has 1 aromatic carbocycles. The highest BCUT2D eigenvalue weighted by Crippen LogP contribution is 2.45. The summed E-state index contributed by atoms with van der Waals surface area (Å²) in [6, 6.07) is 6.63. The van der Waals surface area contributed by atoms with E-state index < -0.39 is 0 Å². The summed E-state index contributed by atoms with van der Waals surface area (Å²) in [6.07, 6.45) is 3.73. The maximum Gasteiger partial charge on any atom is 0.115 e. The molecule has 1 aromatic rings. The molecule has 2 heteroatoms. The van der Waals surface area contributed by atoms with Gasteiger partial charge in [0.15, 0.2) is 0 Å². The molecule has 92 valence electrons. The molecule has 17 heavy (non-hydrogen) atoms. The molecule has 0 radical (unpaired) electrons. The second-order valence-corrected chi connectivity index (χ2v) is 5.76. The Morgan fingerprint density at radius 2 is 2.12 bits per heavy atom. The van der Waals surface area contributed by atoms with E-state index in [0.717, 1.165) is 18.9 Å². The monoisotopic (exact) mass is 231 g/mol. The predicted molar refractivity (Wildman–Crippen MR) is 69.4 cm³/mol. The summed E-state index contributed by atoms with van der Waals surface area (Å²) in [5.74, 6) is 1.77. The van der Waals surface area contributed by atoms with E-state index in [2.05, 4.69) is 24.9 Å². The first-order valence-corrected chi connectivity index (χ1v) is 6.69. The largest absolute Gasteiger partial charge is 0.508 e. The van der Waals surface area contributed by atoms with Gasteiger partial charge in [-0.1, -0.05) is 13.0 Å². The van der Waals surface area contributed by atoms with Gasteiger partial charge < -0.3 is 10.0 Å². The van der Waals surface area contributed by atoms with Crippen molar-refractivity contribution in [2.75, 3.05) is 13.6 Å². The first-order valence-electron chi connectivity index (χ1n) is 6.69. The summed E-state index contributed by atoms with van der Waals surface area (Å²) >= 11 is 0. The van der Waals surface area contributed by atoms with Crippen LogP contribution in [-0.4, -0.2) is 29.6 Å². The minimum Gasteiger partial charge on any atom is -0.508 e. The van der Waals surface area contributed by atoms with Gasteiger partial charge in [-0.25, -0.2) is 0 Å². The van der Waals surface area contributed by atoms with E-state index in [1.165, 1.54) is 24.0 Å². The number of phenolic OH excluding ortho intramolecular Hbond substituents is 1. The number of likely N-dealkylation sites (N-methyl/N-ethyl adjacent to an activating group) is 1. The van der Waals surface area contributed by atoms with Crippen molar-refractivity contribution in [3.63, 3.8) is 0 Å². The molecule has 1 saturated carbocycles. The van der Waals surface area contributed by atoms with E-state index in [-0.39, 0.29) is 0 Å². The third-order valence-electron chi connectivity index (χ3n) is 4.73. The number of phenols is 1. The van der Waals surface area contributed by atoms with Crippen LogP contribution in [0.1, 0.15) is 36.8 Å². The number of nitrogens with zero attached hydrogens (tertiary/aromatic N) is 1. The Morgan fingerprint density at radius 1 is 1.29 bits per heavy atom. The smallest absolute Gasteiger partial charge is 0.115 e. The summed E-state index contributed by atoms with van der Waals surface area (Å²) in [7, 11) is 2.25. The second-order valence-electron chi connectivity index (χ2n) is 5.76. The fourth-order valence-electron chi connectivity index (χ4n) is 3.76. The van der Waals surface area contributed by atoms with Crippen molar-refractivity contribution < 1.29 is 5.11 Å². The van der Waals surface area contributed by atoms with E-state index in [1.807, 2.05) is 12.1 Å². The van der Waals surface area contributed by atoms with Crippen molar-refractivity contribution in [1.82, 2.24) is 4.90 Å². The van der Waals surface area contributed by atoms with Crippen LogP contribution < -0.4 is 0 Å². The van der Waals surface area contributed by atoms with Gasteiger partial charge in [0, 0.05) is 18.5 Å². The molecule has 0 bridgehead atoms. The minimum absolute atomic E-state index is 0.422. The second kappa shape index (κ2) is 4.02. The number of fused-ring (bicyclic) bond motifs is 3. The first-order chi connectivity index (χ1) is 8.16. The Balaban J connectivity index is 2.09. The van der Waals surface area contributed by atoms with Gasteiger partial charge in [-0.15, -0.1) is 0 Å². The van der Waals surface area contributed by atoms with Crippen LogP contribution >= 0.6 is 0 Å². The van der Waals surface area contributed by atoms with E-state index >= 15 is 0 Å². The summed E-state index contributed by atoms with van der Waals surface area (Å²) in [4.78, 5) is 2.52. The maximum absolute atomic E-state index is 9.74. The van der Waals surface area contributed by atoms with E-state index in [0.29, 0.717) is 17.7 Å². The molecule has 0 amide bonds. The van der Waals surface area contributed by atoms with Gasteiger partial charge in [-0.2, -0.15) is 0 Å². The standard InChI is InChI=1S/C15H21NO/c1-10-3-6-14-15(10)13-9-12(17)5-4-11(13)7-8-16(14)2/h4-5,9-10,14-15,17H,3,6-8H2,1-2H3. The summed E-state index contributed by atoms with van der Waals surface area (Å²) < 4.78 is 0. The van der Waals surface area contributed by atoms with Crippen LogP contribution in [0, 0.1) is 5.92 Å². The lowest BCUT2D eigenvalue weighted by molar-refractivity contribution is 0.231. The number of aromatic hydroxyl groups is 1. The SMILES string of the molecule is CC1CCC2C1c1cc(O)ccc1CCN2C. The molecule has 2 nitrogen and oxygen atoms in total. The molecule has 1 aliphatic carbocycles. The number of rotatable bonds is 0. The van der Waals surface area contributed by atoms with Crippen molar-refractivity contribution in [2.24, 2.45) is 5.92 Å². The molecule has 0 spiro atoms. The van der Waals surface area contributed by atoms with Crippen LogP contribution in [0.5, 0.6) is 5.75 Å². The molecule has 2 aliphatic rings. The van der Waals surface area contributed by atoms with Crippen LogP contribution in [0.3, 0.4) is 0 Å². The normalized spacial score (nSPS) is 32.9. The average molecular weight is 231 g/mol. The molecule has 3 rings (SSSR count). The molecule has 3 atom stereocenters. The minimum atomic E-state index is 0.422. The molecule has 1 aliphatic heterocycles. The highest BCUT2D eigenvalue weighted by atomic mass is 16.3. The third-order valence-corrected chi connectivity index (χ3v) is 4.73. The third kappa shape index (κ3) is 1.75. The Bertz CT molecular complexity index is 429. The fraction of sp³-hybridized carbons (Fsp3) is 0.600. The Labute approximate surface area is 103 Å². The summed E-state index contributed by atoms with van der Waals surface area (Å²) in [6.45, 7) is 3.50. The molecular weight excluding hydrogens is 210 g/mol. The van der Waals surface area contributed by atoms with Crippen molar-refractivity contribution >= 4 is 0 Å². The van der Waals surface area contributed by atoms with E-state index in [4.69, 9.17) is 0 Å². The van der Waals surface area contributed by atoms with Crippen molar-refractivity contribution in [3.8, 4) is 5.75 Å². The zero-order chi connectivity index (χ0) is 12.0. The Kier molecular flexibility index (Phi) is 2.62. The molecule has 1 heterocycles. The molecular formula is C15H21NO. The quantitative estimate of drug-likeness (QED) is 0.742. The lowest BCUT2D eigenvalue weighted by Gasteiger charge is -2.28. The Morgan fingerprint density at radius 3 is 2.94 bits per heavy atom. The van der Waals surface area contributed by atoms with Gasteiger partial charge in [-0.05, 0) is 55.5 Å². The van der Waals surface area contributed by atoms with Crippen molar-refractivity contribution in [1.29, 1.82) is 0 Å². The Hall–Kier alpha value is -1.02. The van der Waals surface area contributed by atoms with Crippen LogP contribution in [0.2, 0.25) is 0 Å². The van der Waals surface area contributed by atoms with Crippen LogP contribution in [0.4, 0.5) is 0 Å². The zero-order valence-electron chi connectivity index (χ0n) is 10.7. The highest BCUT2D eigenvalue weighted by Gasteiger charge is 2.39. The van der Waals surface area contributed by atoms with Gasteiger partial charge >= 0.3 is 0 Å². The predicted octanol–water partition coefficient (Wildman–Crippen LogP) is 2.76. The van der Waals surface area contributed by atoms with Crippen molar-refractivity contribution in [2.45, 2.75) is 38.1 Å². The maximum atomic E-state index is 9.74. The van der Waals surface area contributed by atoms with Gasteiger partial charge in [0.05, 0.1) is 0 Å². The average Bonchev–Trinajstić information content (AvgIpc) is 2.62. The molecule has 0 aromatic heterocycles. The first kappa shape index (κ1) is 11.1. The van der Waals surface area contributed by atoms with Crippen LogP contribution in [0.25, 0.3) is 0 Å². The van der Waals surface area contributed by atoms with Gasteiger partial charge in [0.2, 0.25) is 0 Å². The van der Waals surface area contributed by atoms with E-state index in [9.17, 15) is 5.11 Å². The number of benzene rings is 1. The highest BCUT2D eigenvalue weighted by molar-refractivity contribution is 5.40. The van der Waals surface area contributed by atoms with E-state index in [1.54, 1.807) is 0 Å². The summed E-state index contributed by atoms with van der Waals surface area (Å²) in [5, 5.41) is 9.74. The van der Waals surface area contributed by atoms with Crippen molar-refractivity contribution in [3.05, 3.63) is 29.3 Å². The topological polar surface area (TPSA) is 23.5 Å². The fourth-order valence-corrected chi connectivity index (χ4v) is 3.76. The number of hydrogen-bond donors (Lipinski definition) is 1. The lowest BCUT2D eigenvalue weighted by Crippen LogP contribution is -2.33.